The number of aliphatic imine (C=N–C) groups is 1. The van der Waals surface area contributed by atoms with Crippen LogP contribution < -0.4 is 20.1 Å². The van der Waals surface area contributed by atoms with Gasteiger partial charge in [0.15, 0.2) is 5.75 Å². The van der Waals surface area contributed by atoms with E-state index in [4.69, 9.17) is 0 Å². The lowest BCUT2D eigenvalue weighted by molar-refractivity contribution is 0.472. The molecule has 0 aliphatic carbocycles. The summed E-state index contributed by atoms with van der Waals surface area (Å²) < 4.78 is 2.33. The van der Waals surface area contributed by atoms with Crippen molar-refractivity contribution in [3.63, 3.8) is 0 Å². The van der Waals surface area contributed by atoms with Crippen molar-refractivity contribution in [1.29, 1.82) is 0 Å². The summed E-state index contributed by atoms with van der Waals surface area (Å²) in [7, 11) is 2.16. The van der Waals surface area contributed by atoms with Gasteiger partial charge in [-0.25, -0.2) is 4.58 Å². The van der Waals surface area contributed by atoms with Crippen molar-refractivity contribution in [2.45, 2.75) is 97.3 Å². The number of nitrogens with zero attached hydrogens (tertiary/aromatic N) is 3. The fourth-order valence-corrected chi connectivity index (χ4v) is 4.94. The van der Waals surface area contributed by atoms with Crippen molar-refractivity contribution in [3.8, 4) is 5.75 Å². The SMILES string of the molecule is CCCCCCCCN(CCCCCCCC)c1cc2c3c(c1O)N=CC=3CC[N+]=2C. The van der Waals surface area contributed by atoms with Gasteiger partial charge in [-0.05, 0) is 18.4 Å². The molecule has 4 heteroatoms. The number of anilines is 1. The molecule has 0 saturated carbocycles. The molecule has 2 aliphatic heterocycles. The first kappa shape index (κ1) is 23.8. The molecule has 4 nitrogen and oxygen atoms in total. The minimum Gasteiger partial charge on any atom is -0.504 e. The van der Waals surface area contributed by atoms with Crippen molar-refractivity contribution >= 4 is 23.2 Å². The van der Waals surface area contributed by atoms with Gasteiger partial charge in [0.2, 0.25) is 5.36 Å². The summed E-state index contributed by atoms with van der Waals surface area (Å²) in [6.45, 7) is 7.61. The molecule has 1 aromatic carbocycles. The summed E-state index contributed by atoms with van der Waals surface area (Å²) in [6, 6.07) is 2.23. The molecule has 0 saturated heterocycles. The predicted molar refractivity (Wildman–Crippen MR) is 135 cm³/mol. The smallest absolute Gasteiger partial charge is 0.211 e. The van der Waals surface area contributed by atoms with Crippen LogP contribution in [0.1, 0.15) is 97.3 Å². The van der Waals surface area contributed by atoms with Gasteiger partial charge in [-0.15, -0.1) is 0 Å². The summed E-state index contributed by atoms with van der Waals surface area (Å²) in [5.41, 5.74) is 3.07. The number of rotatable bonds is 15. The van der Waals surface area contributed by atoms with Crippen molar-refractivity contribution in [1.82, 2.24) is 4.58 Å². The van der Waals surface area contributed by atoms with Crippen LogP contribution in [0.5, 0.6) is 5.75 Å². The Morgan fingerprint density at radius 1 is 0.903 bits per heavy atom. The number of hydrogen-bond donors (Lipinski definition) is 1. The third-order valence-corrected chi connectivity index (χ3v) is 6.94. The number of phenolic OH excluding ortho intramolecular Hbond substituents is 1. The number of hydrogen-bond acceptors (Lipinski definition) is 3. The molecule has 2 aliphatic rings. The highest BCUT2D eigenvalue weighted by molar-refractivity contribution is 6.08. The first-order valence-corrected chi connectivity index (χ1v) is 12.9. The van der Waals surface area contributed by atoms with Gasteiger partial charge >= 0.3 is 0 Å². The maximum absolute atomic E-state index is 11.2. The van der Waals surface area contributed by atoms with E-state index >= 15 is 0 Å². The molecule has 2 heterocycles. The maximum atomic E-state index is 11.2. The lowest BCUT2D eigenvalue weighted by atomic mass is 10.0. The second kappa shape index (κ2) is 12.3. The standard InChI is InChI=1S/C27H43N3O/c1-4-6-8-10-12-14-17-30(18-15-13-11-9-7-5-2)24-20-23-25-22(16-19-29(23)3)21-28-26(25)27(24)31/h20-21H,4-19H2,1-3H3/p+1. The summed E-state index contributed by atoms with van der Waals surface area (Å²) in [5.74, 6) is 0.386. The average Bonchev–Trinajstić information content (AvgIpc) is 3.21. The zero-order valence-electron chi connectivity index (χ0n) is 20.3. The largest absolute Gasteiger partial charge is 0.504 e. The maximum Gasteiger partial charge on any atom is 0.211 e. The van der Waals surface area contributed by atoms with E-state index in [1.807, 2.05) is 6.21 Å². The average molecular weight is 427 g/mol. The number of benzene rings is 1. The molecule has 3 rings (SSSR count). The highest BCUT2D eigenvalue weighted by Crippen LogP contribution is 2.35. The van der Waals surface area contributed by atoms with Crippen LogP contribution in [0.3, 0.4) is 0 Å². The van der Waals surface area contributed by atoms with Crippen LogP contribution in [0.2, 0.25) is 0 Å². The van der Waals surface area contributed by atoms with Crippen LogP contribution in [0.4, 0.5) is 11.4 Å². The van der Waals surface area contributed by atoms with Gasteiger partial charge in [-0.3, -0.25) is 4.99 Å². The Labute approximate surface area is 189 Å². The van der Waals surface area contributed by atoms with E-state index in [9.17, 15) is 5.11 Å². The van der Waals surface area contributed by atoms with Crippen LogP contribution >= 0.6 is 0 Å². The van der Waals surface area contributed by atoms with E-state index < -0.39 is 0 Å². The molecule has 0 spiro atoms. The summed E-state index contributed by atoms with van der Waals surface area (Å²) in [4.78, 5) is 7.07. The highest BCUT2D eigenvalue weighted by Gasteiger charge is 2.25. The Bertz CT molecular complexity index is 855. The first-order valence-electron chi connectivity index (χ1n) is 12.9. The lowest BCUT2D eigenvalue weighted by Crippen LogP contribution is -2.43. The van der Waals surface area contributed by atoms with E-state index in [-0.39, 0.29) is 0 Å². The normalized spacial score (nSPS) is 14.4. The minimum atomic E-state index is 0.386. The molecule has 0 aromatic heterocycles. The van der Waals surface area contributed by atoms with Gasteiger partial charge in [0.25, 0.3) is 0 Å². The van der Waals surface area contributed by atoms with Gasteiger partial charge in [0.1, 0.15) is 19.3 Å². The van der Waals surface area contributed by atoms with Gasteiger partial charge in [0, 0.05) is 31.8 Å². The Kier molecular flexibility index (Phi) is 9.42. The van der Waals surface area contributed by atoms with E-state index in [2.05, 4.69) is 41.4 Å². The second-order valence-electron chi connectivity index (χ2n) is 9.46. The Morgan fingerprint density at radius 2 is 1.48 bits per heavy atom. The van der Waals surface area contributed by atoms with Crippen LogP contribution in [-0.4, -0.2) is 38.0 Å². The van der Waals surface area contributed by atoms with E-state index in [1.54, 1.807) is 0 Å². The predicted octanol–water partition coefficient (Wildman–Crippen LogP) is 5.31. The number of phenols is 1. The zero-order chi connectivity index (χ0) is 22.1. The molecule has 0 fully saturated rings. The molecule has 1 N–H and O–H groups in total. The van der Waals surface area contributed by atoms with E-state index in [0.717, 1.165) is 42.6 Å². The lowest BCUT2D eigenvalue weighted by Gasteiger charge is -2.26. The molecule has 0 radical (unpaired) electrons. The Hall–Kier alpha value is -1.84. The van der Waals surface area contributed by atoms with Crippen LogP contribution in [-0.2, 0) is 0 Å². The topological polar surface area (TPSA) is 38.8 Å². The number of aromatic hydroxyl groups is 1. The van der Waals surface area contributed by atoms with Crippen molar-refractivity contribution < 1.29 is 5.11 Å². The molecule has 0 bridgehead atoms. The third kappa shape index (κ3) is 6.11. The highest BCUT2D eigenvalue weighted by atomic mass is 16.3. The molecule has 1 aromatic rings. The molecule has 0 amide bonds. The first-order chi connectivity index (χ1) is 15.2. The van der Waals surface area contributed by atoms with E-state index in [0.29, 0.717) is 5.75 Å². The van der Waals surface area contributed by atoms with Gasteiger partial charge in [-0.1, -0.05) is 78.1 Å². The summed E-state index contributed by atoms with van der Waals surface area (Å²) >= 11 is 0. The van der Waals surface area contributed by atoms with Gasteiger partial charge in [0.05, 0.1) is 10.9 Å². The number of unbranched alkanes of at least 4 members (excludes halogenated alkanes) is 10. The molecular formula is C27H44N3O+. The van der Waals surface area contributed by atoms with Crippen molar-refractivity contribution in [2.75, 3.05) is 31.6 Å². The Balaban J connectivity index is 1.75. The third-order valence-electron chi connectivity index (χ3n) is 6.94. The van der Waals surface area contributed by atoms with E-state index in [1.165, 1.54) is 88.0 Å². The van der Waals surface area contributed by atoms with Crippen LogP contribution in [0.25, 0.3) is 5.57 Å². The summed E-state index contributed by atoms with van der Waals surface area (Å²) in [5, 5.41) is 13.6. The zero-order valence-corrected chi connectivity index (χ0v) is 20.3. The molecule has 0 atom stereocenters. The minimum absolute atomic E-state index is 0.386. The monoisotopic (exact) mass is 426 g/mol. The van der Waals surface area contributed by atoms with Crippen molar-refractivity contribution in [3.05, 3.63) is 16.6 Å². The fraction of sp³-hybridized carbons (Fsp3) is 0.704. The molecule has 172 valence electrons. The molecule has 0 unspecified atom stereocenters. The molecule has 31 heavy (non-hydrogen) atoms. The fourth-order valence-electron chi connectivity index (χ4n) is 4.94. The second-order valence-corrected chi connectivity index (χ2v) is 9.46. The van der Waals surface area contributed by atoms with Crippen LogP contribution in [0, 0.1) is 0 Å². The Morgan fingerprint density at radius 3 is 2.10 bits per heavy atom. The van der Waals surface area contributed by atoms with Crippen molar-refractivity contribution in [2.24, 2.45) is 4.99 Å². The van der Waals surface area contributed by atoms with Crippen LogP contribution in [0.15, 0.2) is 11.1 Å². The van der Waals surface area contributed by atoms with Gasteiger partial charge < -0.3 is 10.0 Å². The molecular weight excluding hydrogens is 382 g/mol. The van der Waals surface area contributed by atoms with Gasteiger partial charge in [-0.2, -0.15) is 0 Å². The summed E-state index contributed by atoms with van der Waals surface area (Å²) in [6.07, 6.45) is 18.6. The quantitative estimate of drug-likeness (QED) is 0.305.